The van der Waals surface area contributed by atoms with E-state index in [1.165, 1.54) is 23.1 Å². The summed E-state index contributed by atoms with van der Waals surface area (Å²) in [7, 11) is 0. The lowest BCUT2D eigenvalue weighted by molar-refractivity contribution is -0.120. The Morgan fingerprint density at radius 3 is 2.90 bits per heavy atom. The molecule has 2 aromatic rings. The van der Waals surface area contributed by atoms with Crippen molar-refractivity contribution in [3.8, 4) is 0 Å². The Balaban J connectivity index is 2.05. The van der Waals surface area contributed by atoms with Crippen LogP contribution in [0.1, 0.15) is 20.8 Å². The van der Waals surface area contributed by atoms with Gasteiger partial charge in [-0.15, -0.1) is 11.3 Å². The fourth-order valence-electron chi connectivity index (χ4n) is 1.57. The fraction of sp³-hybridized carbons (Fsp3) is 0.462. The van der Waals surface area contributed by atoms with Gasteiger partial charge in [0.15, 0.2) is 5.16 Å². The van der Waals surface area contributed by atoms with Gasteiger partial charge in [-0.1, -0.05) is 25.6 Å². The third-order valence-corrected chi connectivity index (χ3v) is 4.44. The van der Waals surface area contributed by atoms with Crippen molar-refractivity contribution < 1.29 is 4.79 Å². The van der Waals surface area contributed by atoms with E-state index in [-0.39, 0.29) is 11.2 Å². The molecule has 3 N–H and O–H groups in total. The number of hydrogen-bond donors (Lipinski definition) is 2. The Morgan fingerprint density at radius 2 is 2.20 bits per heavy atom. The second-order valence-corrected chi connectivity index (χ2v) is 7.13. The molecule has 1 atom stereocenters. The number of carbonyl (C=O) groups is 1. The minimum Gasteiger partial charge on any atom is -0.383 e. The van der Waals surface area contributed by atoms with Crippen molar-refractivity contribution in [1.82, 2.24) is 15.3 Å². The molecule has 0 saturated heterocycles. The molecular weight excluding hydrogens is 292 g/mol. The van der Waals surface area contributed by atoms with Crippen LogP contribution in [-0.4, -0.2) is 27.7 Å². The van der Waals surface area contributed by atoms with Crippen LogP contribution >= 0.6 is 23.1 Å². The van der Waals surface area contributed by atoms with Crippen molar-refractivity contribution in [1.29, 1.82) is 0 Å². The Kier molecular flexibility index (Phi) is 4.82. The molecule has 0 aliphatic heterocycles. The van der Waals surface area contributed by atoms with Crippen LogP contribution in [0.15, 0.2) is 16.6 Å². The first kappa shape index (κ1) is 15.1. The van der Waals surface area contributed by atoms with Crippen molar-refractivity contribution >= 4 is 45.0 Å². The summed E-state index contributed by atoms with van der Waals surface area (Å²) >= 11 is 2.85. The third kappa shape index (κ3) is 3.61. The highest BCUT2D eigenvalue weighted by atomic mass is 32.2. The first-order valence-corrected chi connectivity index (χ1v) is 8.18. The second-order valence-electron chi connectivity index (χ2n) is 4.93. The lowest BCUT2D eigenvalue weighted by Gasteiger charge is -2.12. The predicted octanol–water partition coefficient (Wildman–Crippen LogP) is 2.53. The largest absolute Gasteiger partial charge is 0.383 e. The van der Waals surface area contributed by atoms with Crippen LogP contribution in [0, 0.1) is 5.92 Å². The van der Waals surface area contributed by atoms with Gasteiger partial charge in [0.1, 0.15) is 10.6 Å². The van der Waals surface area contributed by atoms with Gasteiger partial charge < -0.3 is 11.1 Å². The van der Waals surface area contributed by atoms with E-state index in [1.807, 2.05) is 18.4 Å². The topological polar surface area (TPSA) is 80.9 Å². The van der Waals surface area contributed by atoms with Crippen molar-refractivity contribution in [2.45, 2.75) is 31.2 Å². The first-order valence-electron chi connectivity index (χ1n) is 6.42. The Labute approximate surface area is 126 Å². The number of nitrogens with zero attached hydrogens (tertiary/aromatic N) is 2. The normalized spacial score (nSPS) is 12.8. The molecule has 0 radical (unpaired) electrons. The number of nitrogens with two attached hydrogens (primary N) is 1. The molecule has 0 aliphatic rings. The molecule has 2 rings (SSSR count). The SMILES string of the molecule is CC(C)CNC(=O)C(C)Sc1nc(N)c2ccsc2n1. The summed E-state index contributed by atoms with van der Waals surface area (Å²) in [6, 6.07) is 1.91. The molecular formula is C13H18N4OS2. The molecule has 2 aromatic heterocycles. The molecule has 0 aliphatic carbocycles. The molecule has 0 saturated carbocycles. The lowest BCUT2D eigenvalue weighted by atomic mass is 10.2. The predicted molar refractivity (Wildman–Crippen MR) is 85.0 cm³/mol. The Morgan fingerprint density at radius 1 is 1.45 bits per heavy atom. The van der Waals surface area contributed by atoms with E-state index in [0.29, 0.717) is 23.4 Å². The molecule has 1 unspecified atom stereocenters. The molecule has 0 spiro atoms. The van der Waals surface area contributed by atoms with Crippen molar-refractivity contribution in [2.75, 3.05) is 12.3 Å². The summed E-state index contributed by atoms with van der Waals surface area (Å²) in [5.74, 6) is 0.899. The molecule has 0 bridgehead atoms. The van der Waals surface area contributed by atoms with E-state index >= 15 is 0 Å². The number of thiophene rings is 1. The first-order chi connectivity index (χ1) is 9.47. The van der Waals surface area contributed by atoms with Crippen molar-refractivity contribution in [3.05, 3.63) is 11.4 Å². The minimum atomic E-state index is -0.245. The maximum absolute atomic E-state index is 11.9. The Bertz CT molecular complexity index is 611. The summed E-state index contributed by atoms with van der Waals surface area (Å²) in [4.78, 5) is 21.5. The number of amides is 1. The van der Waals surface area contributed by atoms with Gasteiger partial charge in [-0.3, -0.25) is 4.79 Å². The number of rotatable bonds is 5. The van der Waals surface area contributed by atoms with Gasteiger partial charge in [-0.25, -0.2) is 9.97 Å². The molecule has 108 valence electrons. The van der Waals surface area contributed by atoms with Gasteiger partial charge >= 0.3 is 0 Å². The van der Waals surface area contributed by atoms with Crippen molar-refractivity contribution in [2.24, 2.45) is 5.92 Å². The van der Waals surface area contributed by atoms with Crippen LogP contribution in [0.4, 0.5) is 5.82 Å². The van der Waals surface area contributed by atoms with Gasteiger partial charge in [0.05, 0.1) is 10.6 Å². The number of fused-ring (bicyclic) bond motifs is 1. The van der Waals surface area contributed by atoms with Gasteiger partial charge in [0.2, 0.25) is 5.91 Å². The zero-order valence-corrected chi connectivity index (χ0v) is 13.3. The van der Waals surface area contributed by atoms with E-state index in [1.54, 1.807) is 0 Å². The zero-order valence-electron chi connectivity index (χ0n) is 11.7. The van der Waals surface area contributed by atoms with Crippen LogP contribution in [0.5, 0.6) is 0 Å². The average molecular weight is 310 g/mol. The maximum Gasteiger partial charge on any atom is 0.233 e. The van der Waals surface area contributed by atoms with E-state index in [9.17, 15) is 4.79 Å². The van der Waals surface area contributed by atoms with E-state index in [0.717, 1.165) is 10.2 Å². The van der Waals surface area contributed by atoms with Crippen LogP contribution in [0.25, 0.3) is 10.2 Å². The fourth-order valence-corrected chi connectivity index (χ4v) is 3.20. The maximum atomic E-state index is 11.9. The number of hydrogen-bond acceptors (Lipinski definition) is 6. The van der Waals surface area contributed by atoms with Crippen LogP contribution in [0.2, 0.25) is 0 Å². The molecule has 0 aromatic carbocycles. The summed E-state index contributed by atoms with van der Waals surface area (Å²) in [5.41, 5.74) is 5.89. The third-order valence-electron chi connectivity index (χ3n) is 2.67. The molecule has 1 amide bonds. The van der Waals surface area contributed by atoms with E-state index < -0.39 is 0 Å². The van der Waals surface area contributed by atoms with Crippen molar-refractivity contribution in [3.63, 3.8) is 0 Å². The summed E-state index contributed by atoms with van der Waals surface area (Å²) < 4.78 is 0. The Hall–Kier alpha value is -1.34. The van der Waals surface area contributed by atoms with Crippen LogP contribution in [-0.2, 0) is 4.79 Å². The standard InChI is InChI=1S/C13H18N4OS2/c1-7(2)6-15-11(18)8(3)20-13-16-10(14)9-4-5-19-12(9)17-13/h4-5,7-8H,6H2,1-3H3,(H,15,18)(H2,14,16,17). The van der Waals surface area contributed by atoms with Gasteiger partial charge in [0, 0.05) is 6.54 Å². The number of nitrogens with one attached hydrogen (secondary N) is 1. The molecule has 2 heterocycles. The highest BCUT2D eigenvalue weighted by Crippen LogP contribution is 2.28. The number of anilines is 1. The summed E-state index contributed by atoms with van der Waals surface area (Å²) in [5, 5.41) is 6.01. The number of nitrogen functional groups attached to an aromatic ring is 1. The number of thioether (sulfide) groups is 1. The van der Waals surface area contributed by atoms with Gasteiger partial charge in [-0.2, -0.15) is 0 Å². The van der Waals surface area contributed by atoms with E-state index in [2.05, 4.69) is 29.1 Å². The highest BCUT2D eigenvalue weighted by molar-refractivity contribution is 8.00. The number of carbonyl (C=O) groups excluding carboxylic acids is 1. The quantitative estimate of drug-likeness (QED) is 0.655. The second kappa shape index (κ2) is 6.41. The molecule has 5 nitrogen and oxygen atoms in total. The zero-order chi connectivity index (χ0) is 14.7. The molecule has 0 fully saturated rings. The van der Waals surface area contributed by atoms with Crippen LogP contribution in [0.3, 0.4) is 0 Å². The smallest absolute Gasteiger partial charge is 0.233 e. The van der Waals surface area contributed by atoms with Gasteiger partial charge in [-0.05, 0) is 24.3 Å². The minimum absolute atomic E-state index is 0.00264. The summed E-state index contributed by atoms with van der Waals surface area (Å²) in [6.45, 7) is 6.65. The highest BCUT2D eigenvalue weighted by Gasteiger charge is 2.17. The molecule has 20 heavy (non-hydrogen) atoms. The lowest BCUT2D eigenvalue weighted by Crippen LogP contribution is -2.33. The van der Waals surface area contributed by atoms with Gasteiger partial charge in [0.25, 0.3) is 0 Å². The summed E-state index contributed by atoms with van der Waals surface area (Å²) in [6.07, 6.45) is 0. The average Bonchev–Trinajstić information content (AvgIpc) is 2.84. The molecule has 7 heteroatoms. The monoisotopic (exact) mass is 310 g/mol. The van der Waals surface area contributed by atoms with Crippen LogP contribution < -0.4 is 11.1 Å². The van der Waals surface area contributed by atoms with E-state index in [4.69, 9.17) is 5.73 Å². The number of aromatic nitrogens is 2.